The van der Waals surface area contributed by atoms with Crippen LogP contribution in [0.4, 0.5) is 32.0 Å². The van der Waals surface area contributed by atoms with Crippen molar-refractivity contribution in [2.24, 2.45) is 0 Å². The van der Waals surface area contributed by atoms with Crippen molar-refractivity contribution in [1.29, 1.82) is 0 Å². The Morgan fingerprint density at radius 3 is 1.60 bits per heavy atom. The van der Waals surface area contributed by atoms with Crippen molar-refractivity contribution in [3.63, 3.8) is 0 Å². The normalized spacial score (nSPS) is 14.8. The predicted octanol–water partition coefficient (Wildman–Crippen LogP) is 7.43. The summed E-state index contributed by atoms with van der Waals surface area (Å²) < 4.78 is 89.8. The molecule has 3 N–H and O–H groups in total. The molecule has 0 spiro atoms. The smallest absolute Gasteiger partial charge is 0.416 e. The van der Waals surface area contributed by atoms with E-state index in [9.17, 15) is 35.9 Å². The van der Waals surface area contributed by atoms with Crippen molar-refractivity contribution >= 4 is 17.4 Å². The molecule has 2 saturated heterocycles. The lowest BCUT2D eigenvalue weighted by Crippen LogP contribution is -2.36. The van der Waals surface area contributed by atoms with Crippen molar-refractivity contribution in [2.75, 3.05) is 58.3 Å². The van der Waals surface area contributed by atoms with E-state index in [1.54, 1.807) is 42.5 Å². The lowest BCUT2D eigenvalue weighted by Gasteiger charge is -2.27. The van der Waals surface area contributed by atoms with Gasteiger partial charge in [0, 0.05) is 68.1 Å². The van der Waals surface area contributed by atoms with Crippen molar-refractivity contribution in [1.82, 2.24) is 9.80 Å². The quantitative estimate of drug-likeness (QED) is 0.0822. The van der Waals surface area contributed by atoms with E-state index in [0.717, 1.165) is 12.1 Å². The lowest BCUT2D eigenvalue weighted by molar-refractivity contribution is -0.139. The summed E-state index contributed by atoms with van der Waals surface area (Å²) in [5, 5.41) is 8.54. The van der Waals surface area contributed by atoms with Crippen LogP contribution in [0.3, 0.4) is 0 Å². The third-order valence-corrected chi connectivity index (χ3v) is 8.91. The molecule has 8 nitrogen and oxygen atoms in total. The van der Waals surface area contributed by atoms with Gasteiger partial charge in [-0.2, -0.15) is 26.3 Å². The van der Waals surface area contributed by atoms with E-state index < -0.39 is 29.4 Å². The Bertz CT molecular complexity index is 2080. The minimum Gasteiger partial charge on any atom is -0.478 e. The van der Waals surface area contributed by atoms with Crippen LogP contribution in [0.5, 0.6) is 0 Å². The molecule has 0 saturated carbocycles. The van der Waals surface area contributed by atoms with Crippen LogP contribution in [0, 0.1) is 24.7 Å². The van der Waals surface area contributed by atoms with E-state index >= 15 is 0 Å². The van der Waals surface area contributed by atoms with Crippen LogP contribution < -0.4 is 5.73 Å². The maximum Gasteiger partial charge on any atom is 0.416 e. The second kappa shape index (κ2) is 20.5. The topological polar surface area (TPSA) is 105 Å². The monoisotopic (exact) mass is 793 g/mol. The number of hydrogen-bond acceptors (Lipinski definition) is 7. The third kappa shape index (κ3) is 13.8. The minimum absolute atomic E-state index is 0.116. The molecule has 0 radical (unpaired) electrons. The lowest BCUT2D eigenvalue weighted by atomic mass is 9.97. The van der Waals surface area contributed by atoms with Crippen LogP contribution >= 0.6 is 0 Å². The third-order valence-electron chi connectivity index (χ3n) is 8.91. The van der Waals surface area contributed by atoms with E-state index in [0.29, 0.717) is 74.9 Å². The first-order valence-electron chi connectivity index (χ1n) is 17.7. The Kier molecular flexibility index (Phi) is 15.9. The highest BCUT2D eigenvalue weighted by atomic mass is 19.4. The fourth-order valence-electron chi connectivity index (χ4n) is 5.94. The van der Waals surface area contributed by atoms with Gasteiger partial charge in [-0.3, -0.25) is 14.6 Å². The highest BCUT2D eigenvalue weighted by Gasteiger charge is 2.35. The zero-order chi connectivity index (χ0) is 41.6. The Hall–Kier alpha value is -5.64. The maximum absolute atomic E-state index is 13.6. The number of nitrogens with two attached hydrogens (primary N) is 1. The van der Waals surface area contributed by atoms with Crippen LogP contribution in [0.1, 0.15) is 59.7 Å². The van der Waals surface area contributed by atoms with Crippen molar-refractivity contribution < 1.29 is 50.5 Å². The van der Waals surface area contributed by atoms with Crippen LogP contribution in [0.15, 0.2) is 84.9 Å². The van der Waals surface area contributed by atoms with Gasteiger partial charge in [0.2, 0.25) is 0 Å². The molecule has 6 rings (SSSR count). The van der Waals surface area contributed by atoms with E-state index in [1.807, 2.05) is 9.80 Å². The van der Waals surface area contributed by atoms with Gasteiger partial charge >= 0.3 is 18.3 Å². The predicted molar refractivity (Wildman–Crippen MR) is 203 cm³/mol. The van der Waals surface area contributed by atoms with Gasteiger partial charge in [0.1, 0.15) is 0 Å². The number of ether oxygens (including phenoxy) is 2. The molecule has 2 heterocycles. The first-order valence-corrected chi connectivity index (χ1v) is 17.7. The molecular weight excluding hydrogens is 752 g/mol. The summed E-state index contributed by atoms with van der Waals surface area (Å²) in [4.78, 5) is 26.8. The standard InChI is InChI=1S/C22H20F3NO2.C12H15F3N2O.C9H6O2/c1-2-16-4-3-5-18(12-16)21(27)14-17-6-7-19(20(13-17)22(23,24)25)15-26-8-10-28-11-9-26;13-12(14,15)11-7-10(16)2-1-9(11)8-17-3-5-18-6-4-17;1-2-7-4-3-5-8(6-7)9(10)11/h1,3-7,12-13H,8-11,14-15H2;1-2,7H,3-6,8,16H2;1,3-6H,(H,10,11). The molecule has 0 aromatic heterocycles. The van der Waals surface area contributed by atoms with Gasteiger partial charge in [-0.1, -0.05) is 48.2 Å². The number of nitrogen functional groups attached to an aromatic ring is 1. The van der Waals surface area contributed by atoms with Gasteiger partial charge < -0.3 is 20.3 Å². The molecule has 0 amide bonds. The summed E-state index contributed by atoms with van der Waals surface area (Å²) in [7, 11) is 0. The van der Waals surface area contributed by atoms with E-state index in [-0.39, 0.29) is 47.7 Å². The van der Waals surface area contributed by atoms with Crippen molar-refractivity contribution in [3.8, 4) is 24.7 Å². The molecule has 4 aromatic carbocycles. The summed E-state index contributed by atoms with van der Waals surface area (Å²) in [6.45, 7) is 5.16. The first kappa shape index (κ1) is 44.1. The number of benzene rings is 4. The minimum atomic E-state index is -4.48. The van der Waals surface area contributed by atoms with Gasteiger partial charge in [0.25, 0.3) is 0 Å². The number of Topliss-reactive ketones (excluding diaryl/α,β-unsaturated/α-hetero) is 1. The summed E-state index contributed by atoms with van der Waals surface area (Å²) in [5.41, 5.74) is 6.78. The Morgan fingerprint density at radius 1 is 0.667 bits per heavy atom. The molecule has 0 aliphatic carbocycles. The molecule has 2 aliphatic heterocycles. The average Bonchev–Trinajstić information content (AvgIpc) is 3.19. The number of halogens is 6. The Morgan fingerprint density at radius 2 is 1.12 bits per heavy atom. The number of morpholine rings is 2. The highest BCUT2D eigenvalue weighted by Crippen LogP contribution is 2.35. The SMILES string of the molecule is C#Cc1cccc(C(=O)Cc2ccc(CN3CCOCC3)c(C(F)(F)F)c2)c1.C#Cc1cccc(C(=O)O)c1.Nc1ccc(CN2CCOCC2)c(C(F)(F)F)c1. The molecule has 0 bridgehead atoms. The van der Waals surface area contributed by atoms with E-state index in [4.69, 9.17) is 33.2 Å². The molecular formula is C43H41F6N3O5. The highest BCUT2D eigenvalue weighted by molar-refractivity contribution is 5.97. The number of rotatable bonds is 8. The number of ketones is 1. The van der Waals surface area contributed by atoms with Crippen molar-refractivity contribution in [2.45, 2.75) is 31.9 Å². The van der Waals surface area contributed by atoms with Gasteiger partial charge in [0.15, 0.2) is 5.78 Å². The number of carboxylic acid groups (broad SMARTS) is 1. The van der Waals surface area contributed by atoms with Crippen LogP contribution in [-0.4, -0.2) is 79.3 Å². The molecule has 57 heavy (non-hydrogen) atoms. The largest absolute Gasteiger partial charge is 0.478 e. The van der Waals surface area contributed by atoms with Gasteiger partial charge in [-0.25, -0.2) is 4.79 Å². The van der Waals surface area contributed by atoms with E-state index in [1.165, 1.54) is 30.3 Å². The first-order chi connectivity index (χ1) is 27.1. The second-order valence-corrected chi connectivity index (χ2v) is 13.0. The fraction of sp³-hybridized carbons (Fsp3) is 0.302. The van der Waals surface area contributed by atoms with Gasteiger partial charge in [-0.15, -0.1) is 12.8 Å². The molecule has 14 heteroatoms. The number of aromatic carboxylic acids is 1. The number of hydrogen-bond donors (Lipinski definition) is 2. The van der Waals surface area contributed by atoms with Gasteiger partial charge in [0.05, 0.1) is 43.1 Å². The molecule has 0 atom stereocenters. The number of carbonyl (C=O) groups is 2. The number of carbonyl (C=O) groups excluding carboxylic acids is 1. The zero-order valence-electron chi connectivity index (χ0n) is 30.8. The summed E-state index contributed by atoms with van der Waals surface area (Å²) in [6.07, 6.45) is 1.45. The van der Waals surface area contributed by atoms with Crippen LogP contribution in [0.25, 0.3) is 0 Å². The molecule has 2 aliphatic rings. The Balaban J connectivity index is 0.000000211. The summed E-state index contributed by atoms with van der Waals surface area (Å²) >= 11 is 0. The average molecular weight is 794 g/mol. The van der Waals surface area contributed by atoms with E-state index in [2.05, 4.69) is 11.8 Å². The number of anilines is 1. The number of terminal acetylenes is 2. The maximum atomic E-state index is 13.6. The molecule has 0 unspecified atom stereocenters. The number of alkyl halides is 6. The number of nitrogens with zero attached hydrogens (tertiary/aromatic N) is 2. The zero-order valence-corrected chi connectivity index (χ0v) is 30.8. The summed E-state index contributed by atoms with van der Waals surface area (Å²) in [6, 6.07) is 20.9. The van der Waals surface area contributed by atoms with Crippen LogP contribution in [-0.2, 0) is 41.3 Å². The molecule has 300 valence electrons. The molecule has 4 aromatic rings. The van der Waals surface area contributed by atoms with Crippen molar-refractivity contribution in [3.05, 3.63) is 135 Å². The fourth-order valence-corrected chi connectivity index (χ4v) is 5.94. The summed E-state index contributed by atoms with van der Waals surface area (Å²) in [5.74, 6) is 3.58. The second-order valence-electron chi connectivity index (χ2n) is 13.0. The van der Waals surface area contributed by atoms with Gasteiger partial charge in [-0.05, 0) is 65.2 Å². The Labute approximate surface area is 327 Å². The number of carboxylic acids is 1. The van der Waals surface area contributed by atoms with Crippen LogP contribution in [0.2, 0.25) is 0 Å². The molecule has 2 fully saturated rings.